The van der Waals surface area contributed by atoms with Crippen LogP contribution in [0.4, 0.5) is 11.8 Å². The van der Waals surface area contributed by atoms with Crippen LogP contribution >= 0.6 is 0 Å². The molecule has 1 N–H and O–H groups in total. The summed E-state index contributed by atoms with van der Waals surface area (Å²) in [6.45, 7) is 5.43. The maximum Gasteiger partial charge on any atom is 0.244 e. The average Bonchev–Trinajstić information content (AvgIpc) is 2.79. The third kappa shape index (κ3) is 5.00. The third-order valence-electron chi connectivity index (χ3n) is 5.12. The predicted octanol–water partition coefficient (Wildman–Crippen LogP) is 2.81. The van der Waals surface area contributed by atoms with Gasteiger partial charge in [0.05, 0.1) is 13.3 Å². The van der Waals surface area contributed by atoms with Crippen LogP contribution in [0.2, 0.25) is 0 Å². The summed E-state index contributed by atoms with van der Waals surface area (Å²) in [6, 6.07) is 18.5. The summed E-state index contributed by atoms with van der Waals surface area (Å²) in [5.74, 6) is 2.24. The Balaban J connectivity index is 1.33. The van der Waals surface area contributed by atoms with Gasteiger partial charge in [-0.05, 0) is 11.6 Å². The Labute approximate surface area is 171 Å². The summed E-state index contributed by atoms with van der Waals surface area (Å²) < 4.78 is 5.40. The lowest BCUT2D eigenvalue weighted by Gasteiger charge is -2.35. The van der Waals surface area contributed by atoms with Gasteiger partial charge in [-0.1, -0.05) is 48.5 Å². The summed E-state index contributed by atoms with van der Waals surface area (Å²) >= 11 is 0. The zero-order chi connectivity index (χ0) is 19.9. The summed E-state index contributed by atoms with van der Waals surface area (Å²) in [6.07, 6.45) is 1.74. The van der Waals surface area contributed by atoms with Gasteiger partial charge in [-0.15, -0.1) is 5.10 Å². The van der Waals surface area contributed by atoms with E-state index in [1.165, 1.54) is 5.56 Å². The van der Waals surface area contributed by atoms with Crippen LogP contribution in [0.1, 0.15) is 11.1 Å². The maximum absolute atomic E-state index is 5.40. The highest BCUT2D eigenvalue weighted by Gasteiger charge is 2.19. The molecule has 4 rings (SSSR count). The number of rotatable bonds is 7. The molecule has 1 aliphatic heterocycles. The summed E-state index contributed by atoms with van der Waals surface area (Å²) in [5.41, 5.74) is 2.41. The highest BCUT2D eigenvalue weighted by molar-refractivity contribution is 5.42. The van der Waals surface area contributed by atoms with Crippen LogP contribution in [-0.4, -0.2) is 53.4 Å². The molecular formula is C22H26N6O. The highest BCUT2D eigenvalue weighted by Crippen LogP contribution is 2.19. The van der Waals surface area contributed by atoms with Gasteiger partial charge in [0.2, 0.25) is 5.95 Å². The monoisotopic (exact) mass is 390 g/mol. The SMILES string of the molecule is COc1ccccc1CNc1nncc(N2CCN(Cc3ccccc3)CC2)n1. The second kappa shape index (κ2) is 9.34. The number of aromatic nitrogens is 3. The zero-order valence-electron chi connectivity index (χ0n) is 16.7. The maximum atomic E-state index is 5.40. The summed E-state index contributed by atoms with van der Waals surface area (Å²) in [5, 5.41) is 11.5. The van der Waals surface area contributed by atoms with Crippen molar-refractivity contribution in [1.82, 2.24) is 20.1 Å². The Hall–Kier alpha value is -3.19. The topological polar surface area (TPSA) is 66.4 Å². The number of methoxy groups -OCH3 is 1. The lowest BCUT2D eigenvalue weighted by atomic mass is 10.2. The minimum atomic E-state index is 0.528. The molecule has 2 aromatic carbocycles. The predicted molar refractivity (Wildman–Crippen MR) is 114 cm³/mol. The van der Waals surface area contributed by atoms with Gasteiger partial charge in [-0.25, -0.2) is 0 Å². The zero-order valence-corrected chi connectivity index (χ0v) is 16.7. The Morgan fingerprint density at radius 3 is 2.52 bits per heavy atom. The molecule has 7 heteroatoms. The Morgan fingerprint density at radius 2 is 1.72 bits per heavy atom. The first-order valence-electron chi connectivity index (χ1n) is 9.88. The smallest absolute Gasteiger partial charge is 0.244 e. The van der Waals surface area contributed by atoms with E-state index >= 15 is 0 Å². The molecule has 0 unspecified atom stereocenters. The van der Waals surface area contributed by atoms with Crippen LogP contribution in [0.3, 0.4) is 0 Å². The molecule has 2 heterocycles. The number of anilines is 2. The molecule has 29 heavy (non-hydrogen) atoms. The molecule has 0 radical (unpaired) electrons. The molecule has 3 aromatic rings. The molecule has 1 aromatic heterocycles. The van der Waals surface area contributed by atoms with Crippen molar-refractivity contribution in [3.8, 4) is 5.75 Å². The molecule has 0 spiro atoms. The van der Waals surface area contributed by atoms with Crippen LogP contribution in [0.15, 0.2) is 60.8 Å². The minimum absolute atomic E-state index is 0.528. The van der Waals surface area contributed by atoms with E-state index in [1.807, 2.05) is 24.3 Å². The second-order valence-corrected chi connectivity index (χ2v) is 7.05. The first kappa shape index (κ1) is 19.1. The van der Waals surface area contributed by atoms with Crippen molar-refractivity contribution in [2.24, 2.45) is 0 Å². The average molecular weight is 390 g/mol. The lowest BCUT2D eigenvalue weighted by molar-refractivity contribution is 0.249. The van der Waals surface area contributed by atoms with E-state index in [-0.39, 0.29) is 0 Å². The van der Waals surface area contributed by atoms with Gasteiger partial charge in [0, 0.05) is 44.8 Å². The van der Waals surface area contributed by atoms with Crippen LogP contribution in [0.5, 0.6) is 5.75 Å². The van der Waals surface area contributed by atoms with E-state index in [1.54, 1.807) is 13.3 Å². The molecule has 0 aliphatic carbocycles. The standard InChI is InChI=1S/C22H26N6O/c1-29-20-10-6-5-9-19(20)15-23-22-25-21(16-24-26-22)28-13-11-27(12-14-28)17-18-7-3-2-4-8-18/h2-10,16H,11-15,17H2,1H3,(H,23,25,26). The number of nitrogens with one attached hydrogen (secondary N) is 1. The van der Waals surface area contributed by atoms with Crippen molar-refractivity contribution in [3.05, 3.63) is 71.9 Å². The number of para-hydroxylation sites is 1. The van der Waals surface area contributed by atoms with Gasteiger partial charge in [-0.3, -0.25) is 4.90 Å². The van der Waals surface area contributed by atoms with E-state index in [2.05, 4.69) is 60.6 Å². The molecule has 0 saturated carbocycles. The number of benzene rings is 2. The number of nitrogens with zero attached hydrogens (tertiary/aromatic N) is 5. The minimum Gasteiger partial charge on any atom is -0.496 e. The van der Waals surface area contributed by atoms with Crippen molar-refractivity contribution >= 4 is 11.8 Å². The molecule has 0 amide bonds. The quantitative estimate of drug-likeness (QED) is 0.665. The van der Waals surface area contributed by atoms with E-state index in [0.717, 1.165) is 49.9 Å². The molecule has 150 valence electrons. The molecule has 7 nitrogen and oxygen atoms in total. The number of hydrogen-bond acceptors (Lipinski definition) is 7. The lowest BCUT2D eigenvalue weighted by Crippen LogP contribution is -2.46. The van der Waals surface area contributed by atoms with Crippen molar-refractivity contribution < 1.29 is 4.74 Å². The molecule has 1 aliphatic rings. The van der Waals surface area contributed by atoms with Gasteiger partial charge in [0.15, 0.2) is 5.82 Å². The summed E-state index contributed by atoms with van der Waals surface area (Å²) in [4.78, 5) is 9.40. The fraction of sp³-hybridized carbons (Fsp3) is 0.318. The second-order valence-electron chi connectivity index (χ2n) is 7.05. The number of piperazine rings is 1. The molecule has 0 bridgehead atoms. The molecule has 0 atom stereocenters. The van der Waals surface area contributed by atoms with Gasteiger partial charge in [0.25, 0.3) is 0 Å². The fourth-order valence-corrected chi connectivity index (χ4v) is 3.52. The van der Waals surface area contributed by atoms with Crippen molar-refractivity contribution in [2.75, 3.05) is 43.5 Å². The van der Waals surface area contributed by atoms with Crippen LogP contribution in [0, 0.1) is 0 Å². The Morgan fingerprint density at radius 1 is 0.966 bits per heavy atom. The number of hydrogen-bond donors (Lipinski definition) is 1. The molecule has 1 fully saturated rings. The van der Waals surface area contributed by atoms with Gasteiger partial charge < -0.3 is 15.0 Å². The largest absolute Gasteiger partial charge is 0.496 e. The van der Waals surface area contributed by atoms with Gasteiger partial charge in [-0.2, -0.15) is 10.1 Å². The third-order valence-corrected chi connectivity index (χ3v) is 5.12. The van der Waals surface area contributed by atoms with E-state index in [0.29, 0.717) is 12.5 Å². The first-order chi connectivity index (χ1) is 14.3. The van der Waals surface area contributed by atoms with E-state index < -0.39 is 0 Å². The fourth-order valence-electron chi connectivity index (χ4n) is 3.52. The van der Waals surface area contributed by atoms with Crippen molar-refractivity contribution in [2.45, 2.75) is 13.1 Å². The Kier molecular flexibility index (Phi) is 6.16. The van der Waals surface area contributed by atoms with E-state index in [4.69, 9.17) is 4.74 Å². The van der Waals surface area contributed by atoms with Crippen LogP contribution < -0.4 is 15.0 Å². The van der Waals surface area contributed by atoms with Crippen molar-refractivity contribution in [1.29, 1.82) is 0 Å². The molecular weight excluding hydrogens is 364 g/mol. The van der Waals surface area contributed by atoms with Crippen LogP contribution in [-0.2, 0) is 13.1 Å². The van der Waals surface area contributed by atoms with Crippen molar-refractivity contribution in [3.63, 3.8) is 0 Å². The summed E-state index contributed by atoms with van der Waals surface area (Å²) in [7, 11) is 1.68. The Bertz CT molecular complexity index is 912. The van der Waals surface area contributed by atoms with E-state index in [9.17, 15) is 0 Å². The normalized spacial score (nSPS) is 14.6. The van der Waals surface area contributed by atoms with Crippen LogP contribution in [0.25, 0.3) is 0 Å². The highest BCUT2D eigenvalue weighted by atomic mass is 16.5. The van der Waals surface area contributed by atoms with Gasteiger partial charge >= 0.3 is 0 Å². The van der Waals surface area contributed by atoms with Gasteiger partial charge in [0.1, 0.15) is 5.75 Å². The first-order valence-corrected chi connectivity index (χ1v) is 9.88. The number of ether oxygens (including phenoxy) is 1. The molecule has 1 saturated heterocycles.